The van der Waals surface area contributed by atoms with Gasteiger partial charge in [-0.2, -0.15) is 0 Å². The van der Waals surface area contributed by atoms with Gasteiger partial charge in [0.2, 0.25) is 0 Å². The molecule has 0 radical (unpaired) electrons. The Balaban J connectivity index is 1.91. The van der Waals surface area contributed by atoms with Crippen molar-refractivity contribution in [3.05, 3.63) is 29.0 Å². The highest BCUT2D eigenvalue weighted by atomic mass is 32.2. The molecule has 0 aromatic carbocycles. The SMILES string of the molecule is CCC(CCNc1nc(C)nc(C)c1-c1nc2c(C)nc(C)cc2s1)CS(C)(=O)=O. The topological polar surface area (TPSA) is 97.7 Å². The van der Waals surface area contributed by atoms with Gasteiger partial charge in [-0.1, -0.05) is 13.3 Å². The predicted octanol–water partition coefficient (Wildman–Crippen LogP) is 4.25. The van der Waals surface area contributed by atoms with E-state index in [1.807, 2.05) is 34.6 Å². The Kier molecular flexibility index (Phi) is 6.71. The molecular formula is C21H29N5O2S2. The maximum absolute atomic E-state index is 11.6. The standard InChI is InChI=1S/C21H29N5O2S2/c1-7-16(11-30(6,27)28)8-9-22-20-18(13(3)24-15(5)25-20)21-26-19-14(4)23-12(2)10-17(19)29-21/h10,16H,7-9,11H2,1-6H3,(H,22,24,25). The van der Waals surface area contributed by atoms with E-state index in [4.69, 9.17) is 4.98 Å². The average Bonchev–Trinajstić information content (AvgIpc) is 3.03. The van der Waals surface area contributed by atoms with Crippen molar-refractivity contribution in [2.45, 2.75) is 47.5 Å². The summed E-state index contributed by atoms with van der Waals surface area (Å²) in [4.78, 5) is 18.5. The summed E-state index contributed by atoms with van der Waals surface area (Å²) in [6.45, 7) is 10.5. The van der Waals surface area contributed by atoms with Crippen molar-refractivity contribution in [2.75, 3.05) is 23.9 Å². The normalized spacial score (nSPS) is 13.0. The molecule has 0 spiro atoms. The van der Waals surface area contributed by atoms with E-state index in [0.717, 1.165) is 56.5 Å². The molecule has 0 bridgehead atoms. The molecule has 0 saturated carbocycles. The summed E-state index contributed by atoms with van der Waals surface area (Å²) < 4.78 is 24.4. The zero-order valence-electron chi connectivity index (χ0n) is 18.4. The van der Waals surface area contributed by atoms with Gasteiger partial charge >= 0.3 is 0 Å². The van der Waals surface area contributed by atoms with E-state index in [9.17, 15) is 8.42 Å². The first-order chi connectivity index (χ1) is 14.1. The van der Waals surface area contributed by atoms with Gasteiger partial charge in [0.1, 0.15) is 32.0 Å². The van der Waals surface area contributed by atoms with Gasteiger partial charge in [-0.25, -0.2) is 23.4 Å². The molecule has 0 aliphatic carbocycles. The third-order valence-corrected chi connectivity index (χ3v) is 7.15. The molecule has 0 saturated heterocycles. The van der Waals surface area contributed by atoms with Crippen molar-refractivity contribution in [2.24, 2.45) is 5.92 Å². The minimum Gasteiger partial charge on any atom is -0.369 e. The summed E-state index contributed by atoms with van der Waals surface area (Å²) in [6.07, 6.45) is 2.88. The highest BCUT2D eigenvalue weighted by Crippen LogP contribution is 2.36. The molecule has 1 atom stereocenters. The van der Waals surface area contributed by atoms with E-state index >= 15 is 0 Å². The summed E-state index contributed by atoms with van der Waals surface area (Å²) in [7, 11) is -2.99. The van der Waals surface area contributed by atoms with Crippen LogP contribution < -0.4 is 5.32 Å². The van der Waals surface area contributed by atoms with E-state index in [1.54, 1.807) is 11.3 Å². The monoisotopic (exact) mass is 447 g/mol. The van der Waals surface area contributed by atoms with Crippen LogP contribution in [0.4, 0.5) is 5.82 Å². The fourth-order valence-electron chi connectivity index (χ4n) is 3.66. The van der Waals surface area contributed by atoms with Crippen molar-refractivity contribution >= 4 is 37.2 Å². The summed E-state index contributed by atoms with van der Waals surface area (Å²) in [5, 5.41) is 4.28. The number of nitrogens with zero attached hydrogens (tertiary/aromatic N) is 4. The second kappa shape index (κ2) is 8.93. The smallest absolute Gasteiger partial charge is 0.147 e. The Morgan fingerprint density at radius 1 is 1.07 bits per heavy atom. The maximum Gasteiger partial charge on any atom is 0.147 e. The van der Waals surface area contributed by atoms with Gasteiger partial charge in [-0.15, -0.1) is 11.3 Å². The number of thiazole rings is 1. The van der Waals surface area contributed by atoms with Crippen molar-refractivity contribution in [1.82, 2.24) is 19.9 Å². The van der Waals surface area contributed by atoms with E-state index < -0.39 is 9.84 Å². The molecule has 0 amide bonds. The first kappa shape index (κ1) is 22.6. The molecule has 7 nitrogen and oxygen atoms in total. The summed E-state index contributed by atoms with van der Waals surface area (Å²) in [6, 6.07) is 2.05. The minimum atomic E-state index is -2.99. The van der Waals surface area contributed by atoms with Crippen LogP contribution >= 0.6 is 11.3 Å². The lowest BCUT2D eigenvalue weighted by atomic mass is 10.1. The lowest BCUT2D eigenvalue weighted by molar-refractivity contribution is 0.517. The molecular weight excluding hydrogens is 418 g/mol. The third kappa shape index (κ3) is 5.31. The van der Waals surface area contributed by atoms with Crippen molar-refractivity contribution < 1.29 is 8.42 Å². The predicted molar refractivity (Wildman–Crippen MR) is 124 cm³/mol. The molecule has 3 heterocycles. The van der Waals surface area contributed by atoms with Crippen LogP contribution in [0.15, 0.2) is 6.07 Å². The molecule has 3 aromatic heterocycles. The van der Waals surface area contributed by atoms with Crippen LogP contribution in [0, 0.1) is 33.6 Å². The van der Waals surface area contributed by atoms with Crippen LogP contribution in [0.5, 0.6) is 0 Å². The second-order valence-electron chi connectivity index (χ2n) is 7.88. The van der Waals surface area contributed by atoms with Crippen LogP contribution in [0.25, 0.3) is 20.8 Å². The van der Waals surface area contributed by atoms with Crippen LogP contribution in [0.2, 0.25) is 0 Å². The average molecular weight is 448 g/mol. The molecule has 0 aliphatic heterocycles. The Hall–Kier alpha value is -2.13. The Morgan fingerprint density at radius 2 is 1.80 bits per heavy atom. The Bertz CT molecular complexity index is 1170. The fraction of sp³-hybridized carbons (Fsp3) is 0.524. The second-order valence-corrected chi connectivity index (χ2v) is 11.1. The minimum absolute atomic E-state index is 0.124. The quantitative estimate of drug-likeness (QED) is 0.551. The number of fused-ring (bicyclic) bond motifs is 1. The number of rotatable bonds is 8. The molecule has 3 aromatic rings. The van der Waals surface area contributed by atoms with E-state index in [0.29, 0.717) is 12.4 Å². The number of nitrogens with one attached hydrogen (secondary N) is 1. The van der Waals surface area contributed by atoms with E-state index in [-0.39, 0.29) is 11.7 Å². The number of hydrogen-bond acceptors (Lipinski definition) is 8. The van der Waals surface area contributed by atoms with Crippen molar-refractivity contribution in [1.29, 1.82) is 0 Å². The molecule has 0 aliphatic rings. The maximum atomic E-state index is 11.6. The lowest BCUT2D eigenvalue weighted by Crippen LogP contribution is -2.18. The number of aromatic nitrogens is 4. The molecule has 1 unspecified atom stereocenters. The zero-order valence-corrected chi connectivity index (χ0v) is 20.0. The van der Waals surface area contributed by atoms with Crippen LogP contribution in [-0.4, -0.2) is 46.9 Å². The van der Waals surface area contributed by atoms with Crippen molar-refractivity contribution in [3.8, 4) is 10.6 Å². The highest BCUT2D eigenvalue weighted by Gasteiger charge is 2.19. The van der Waals surface area contributed by atoms with Gasteiger partial charge in [-0.05, 0) is 46.1 Å². The van der Waals surface area contributed by atoms with Gasteiger partial charge in [0.15, 0.2) is 0 Å². The first-order valence-electron chi connectivity index (χ1n) is 10.1. The molecule has 1 N–H and O–H groups in total. The Labute approximate surface area is 182 Å². The summed E-state index contributed by atoms with van der Waals surface area (Å²) >= 11 is 1.61. The third-order valence-electron chi connectivity index (χ3n) is 5.06. The van der Waals surface area contributed by atoms with Crippen LogP contribution in [0.3, 0.4) is 0 Å². The van der Waals surface area contributed by atoms with Gasteiger partial charge in [0.05, 0.1) is 27.4 Å². The largest absolute Gasteiger partial charge is 0.369 e. The summed E-state index contributed by atoms with van der Waals surface area (Å²) in [5.74, 6) is 1.77. The van der Waals surface area contributed by atoms with Gasteiger partial charge < -0.3 is 5.32 Å². The lowest BCUT2D eigenvalue weighted by Gasteiger charge is -2.16. The first-order valence-corrected chi connectivity index (χ1v) is 13.0. The molecule has 0 fully saturated rings. The van der Waals surface area contributed by atoms with E-state index in [2.05, 4.69) is 26.3 Å². The molecule has 30 heavy (non-hydrogen) atoms. The van der Waals surface area contributed by atoms with E-state index in [1.165, 1.54) is 6.26 Å². The van der Waals surface area contributed by atoms with Crippen LogP contribution in [0.1, 0.15) is 42.7 Å². The number of sulfone groups is 1. The molecule has 9 heteroatoms. The summed E-state index contributed by atoms with van der Waals surface area (Å²) in [5.41, 5.74) is 4.57. The zero-order chi connectivity index (χ0) is 22.1. The van der Waals surface area contributed by atoms with Crippen molar-refractivity contribution in [3.63, 3.8) is 0 Å². The molecule has 162 valence electrons. The molecule has 3 rings (SSSR count). The number of aryl methyl sites for hydroxylation is 4. The van der Waals surface area contributed by atoms with Gasteiger partial charge in [0.25, 0.3) is 0 Å². The number of pyridine rings is 1. The highest BCUT2D eigenvalue weighted by molar-refractivity contribution is 7.90. The van der Waals surface area contributed by atoms with Gasteiger partial charge in [0, 0.05) is 18.5 Å². The fourth-order valence-corrected chi connectivity index (χ4v) is 6.13. The number of anilines is 1. The van der Waals surface area contributed by atoms with Crippen LogP contribution in [-0.2, 0) is 9.84 Å². The number of hydrogen-bond donors (Lipinski definition) is 1. The Morgan fingerprint density at radius 3 is 2.47 bits per heavy atom. The van der Waals surface area contributed by atoms with Gasteiger partial charge in [-0.3, -0.25) is 4.98 Å².